The number of alkyl halides is 3. The molecular formula is C8H8F3O2S+. The van der Waals surface area contributed by atoms with Crippen LogP contribution in [0.25, 0.3) is 0 Å². The molecule has 1 rings (SSSR count). The summed E-state index contributed by atoms with van der Waals surface area (Å²) in [5.74, 6) is -0.285. The van der Waals surface area contributed by atoms with E-state index >= 15 is 0 Å². The zero-order valence-corrected chi connectivity index (χ0v) is 8.02. The lowest BCUT2D eigenvalue weighted by atomic mass is 10.3. The third-order valence-corrected chi connectivity index (χ3v) is 2.35. The van der Waals surface area contributed by atoms with Crippen molar-refractivity contribution >= 4 is 11.2 Å². The molecule has 78 valence electrons. The highest BCUT2D eigenvalue weighted by atomic mass is 32.2. The van der Waals surface area contributed by atoms with Gasteiger partial charge in [-0.05, 0) is 12.1 Å². The molecule has 0 saturated heterocycles. The Bertz CT molecular complexity index is 294. The number of rotatable bonds is 2. The minimum absolute atomic E-state index is 0.285. The van der Waals surface area contributed by atoms with Gasteiger partial charge in [0.05, 0.1) is 0 Å². The molecule has 0 spiro atoms. The molecule has 14 heavy (non-hydrogen) atoms. The first kappa shape index (κ1) is 11.2. The molecule has 1 N–H and O–H groups in total. The van der Waals surface area contributed by atoms with Crippen molar-refractivity contribution < 1.29 is 22.5 Å². The van der Waals surface area contributed by atoms with Crippen molar-refractivity contribution in [3.05, 3.63) is 24.3 Å². The highest BCUT2D eigenvalue weighted by Crippen LogP contribution is 2.23. The van der Waals surface area contributed by atoms with Crippen LogP contribution < -0.4 is 4.74 Å². The summed E-state index contributed by atoms with van der Waals surface area (Å²) in [6, 6.07) is 5.12. The van der Waals surface area contributed by atoms with Crippen LogP contribution in [0.5, 0.6) is 5.75 Å². The number of benzene rings is 1. The average molecular weight is 225 g/mol. The second-order valence-electron chi connectivity index (χ2n) is 2.50. The Morgan fingerprint density at radius 3 is 2.07 bits per heavy atom. The van der Waals surface area contributed by atoms with Crippen molar-refractivity contribution in [3.8, 4) is 5.75 Å². The van der Waals surface area contributed by atoms with E-state index in [-0.39, 0.29) is 5.75 Å². The van der Waals surface area contributed by atoms with Gasteiger partial charge in [0.2, 0.25) is 0 Å². The van der Waals surface area contributed by atoms with E-state index in [4.69, 9.17) is 4.55 Å². The molecular weight excluding hydrogens is 217 g/mol. The molecule has 0 amide bonds. The van der Waals surface area contributed by atoms with Gasteiger partial charge in [0, 0.05) is 12.1 Å². The van der Waals surface area contributed by atoms with Gasteiger partial charge in [0.1, 0.15) is 12.0 Å². The van der Waals surface area contributed by atoms with Crippen LogP contribution in [0, 0.1) is 0 Å². The first-order valence-corrected chi connectivity index (χ1v) is 5.18. The van der Waals surface area contributed by atoms with Crippen molar-refractivity contribution in [2.24, 2.45) is 0 Å². The van der Waals surface area contributed by atoms with Crippen molar-refractivity contribution in [2.75, 3.05) is 6.26 Å². The third kappa shape index (κ3) is 3.47. The van der Waals surface area contributed by atoms with E-state index in [0.29, 0.717) is 4.90 Å². The zero-order chi connectivity index (χ0) is 10.8. The van der Waals surface area contributed by atoms with Crippen LogP contribution in [0.15, 0.2) is 29.2 Å². The lowest BCUT2D eigenvalue weighted by Gasteiger charge is -2.07. The van der Waals surface area contributed by atoms with E-state index < -0.39 is 17.5 Å². The van der Waals surface area contributed by atoms with E-state index in [2.05, 4.69) is 4.74 Å². The van der Waals surface area contributed by atoms with E-state index in [0.717, 1.165) is 0 Å². The Morgan fingerprint density at radius 1 is 1.21 bits per heavy atom. The smallest absolute Gasteiger partial charge is 0.406 e. The maximum absolute atomic E-state index is 11.7. The molecule has 0 heterocycles. The van der Waals surface area contributed by atoms with Crippen molar-refractivity contribution in [2.45, 2.75) is 11.3 Å². The summed E-state index contributed by atoms with van der Waals surface area (Å²) < 4.78 is 48.0. The van der Waals surface area contributed by atoms with Gasteiger partial charge >= 0.3 is 6.36 Å². The van der Waals surface area contributed by atoms with Gasteiger partial charge in [-0.15, -0.1) is 13.2 Å². The van der Waals surface area contributed by atoms with E-state index in [1.165, 1.54) is 24.3 Å². The molecule has 1 unspecified atom stereocenters. The summed E-state index contributed by atoms with van der Waals surface area (Å²) in [7, 11) is 0. The largest absolute Gasteiger partial charge is 0.573 e. The maximum Gasteiger partial charge on any atom is 0.573 e. The fourth-order valence-electron chi connectivity index (χ4n) is 0.838. The van der Waals surface area contributed by atoms with Gasteiger partial charge in [0.25, 0.3) is 0 Å². The molecule has 0 aliphatic rings. The predicted molar refractivity (Wildman–Crippen MR) is 47.3 cm³/mol. The first-order chi connectivity index (χ1) is 6.38. The Morgan fingerprint density at radius 2 is 1.71 bits per heavy atom. The van der Waals surface area contributed by atoms with Crippen LogP contribution in [0.2, 0.25) is 0 Å². The summed E-state index contributed by atoms with van der Waals surface area (Å²) in [5, 5.41) is 0. The lowest BCUT2D eigenvalue weighted by molar-refractivity contribution is -0.274. The SMILES string of the molecule is C[S+](O)c1ccc(OC(F)(F)F)cc1. The Kier molecular flexibility index (Phi) is 3.28. The van der Waals surface area contributed by atoms with Gasteiger partial charge in [0.15, 0.2) is 16.1 Å². The molecule has 6 heteroatoms. The Labute approximate surface area is 81.9 Å². The molecule has 1 aromatic carbocycles. The monoisotopic (exact) mass is 225 g/mol. The fraction of sp³-hybridized carbons (Fsp3) is 0.250. The molecule has 1 aromatic rings. The summed E-state index contributed by atoms with van der Waals surface area (Å²) in [6.45, 7) is 0. The summed E-state index contributed by atoms with van der Waals surface area (Å²) in [4.78, 5) is 0.569. The van der Waals surface area contributed by atoms with Gasteiger partial charge in [-0.1, -0.05) is 0 Å². The van der Waals surface area contributed by atoms with Gasteiger partial charge in [-0.2, -0.15) is 4.55 Å². The molecule has 0 fully saturated rings. The van der Waals surface area contributed by atoms with Gasteiger partial charge in [-0.25, -0.2) is 0 Å². The second-order valence-corrected chi connectivity index (χ2v) is 3.92. The van der Waals surface area contributed by atoms with E-state index in [1.807, 2.05) is 0 Å². The number of halogens is 3. The van der Waals surface area contributed by atoms with Gasteiger partial charge in [-0.3, -0.25) is 0 Å². The Hall–Kier alpha value is -0.880. The summed E-state index contributed by atoms with van der Waals surface area (Å²) >= 11 is -0.947. The van der Waals surface area contributed by atoms with Crippen molar-refractivity contribution in [3.63, 3.8) is 0 Å². The van der Waals surface area contributed by atoms with Crippen LogP contribution >= 0.6 is 0 Å². The minimum Gasteiger partial charge on any atom is -0.406 e. The molecule has 0 bridgehead atoms. The molecule has 2 nitrogen and oxygen atoms in total. The topological polar surface area (TPSA) is 29.5 Å². The summed E-state index contributed by atoms with van der Waals surface area (Å²) in [5.41, 5.74) is 0. The molecule has 0 aromatic heterocycles. The molecule has 0 saturated carbocycles. The number of hydrogen-bond donors (Lipinski definition) is 1. The van der Waals surface area contributed by atoms with Crippen molar-refractivity contribution in [1.82, 2.24) is 0 Å². The molecule has 1 atom stereocenters. The van der Waals surface area contributed by atoms with Crippen molar-refractivity contribution in [1.29, 1.82) is 0 Å². The first-order valence-electron chi connectivity index (χ1n) is 3.59. The third-order valence-electron chi connectivity index (χ3n) is 1.40. The van der Waals surface area contributed by atoms with Gasteiger partial charge < -0.3 is 4.74 Å². The second kappa shape index (κ2) is 4.10. The van der Waals surface area contributed by atoms with Crippen LogP contribution in [0.4, 0.5) is 13.2 Å². The van der Waals surface area contributed by atoms with Crippen LogP contribution in [-0.2, 0) is 11.2 Å². The summed E-state index contributed by atoms with van der Waals surface area (Å²) in [6.07, 6.45) is -3.12. The maximum atomic E-state index is 11.7. The fourth-order valence-corrected chi connectivity index (χ4v) is 1.37. The minimum atomic E-state index is -4.67. The molecule has 0 radical (unpaired) electrons. The van der Waals surface area contributed by atoms with E-state index in [1.54, 1.807) is 6.26 Å². The zero-order valence-electron chi connectivity index (χ0n) is 7.21. The number of ether oxygens (including phenoxy) is 1. The molecule has 0 aliphatic heterocycles. The standard InChI is InChI=1S/C8H8F3O2S/c1-14(12)7-4-2-6(3-5-7)13-8(9,10)11/h2-5,12H,1H3/q+1. The highest BCUT2D eigenvalue weighted by Gasteiger charge is 2.31. The van der Waals surface area contributed by atoms with Crippen LogP contribution in [0.1, 0.15) is 0 Å². The average Bonchev–Trinajstić information content (AvgIpc) is 2.02. The molecule has 0 aliphatic carbocycles. The lowest BCUT2D eigenvalue weighted by Crippen LogP contribution is -2.17. The number of hydrogen-bond acceptors (Lipinski definition) is 2. The van der Waals surface area contributed by atoms with E-state index in [9.17, 15) is 13.2 Å². The van der Waals surface area contributed by atoms with Crippen LogP contribution in [-0.4, -0.2) is 17.2 Å². The normalized spacial score (nSPS) is 13.8. The van der Waals surface area contributed by atoms with Crippen LogP contribution in [0.3, 0.4) is 0 Å². The quantitative estimate of drug-likeness (QED) is 0.784. The Balaban J connectivity index is 2.74. The highest BCUT2D eigenvalue weighted by molar-refractivity contribution is 7.90. The predicted octanol–water partition coefficient (Wildman–Crippen LogP) is 2.67.